The van der Waals surface area contributed by atoms with Crippen molar-refractivity contribution in [2.45, 2.75) is 46.0 Å². The first-order chi connectivity index (χ1) is 8.81. The van der Waals surface area contributed by atoms with Crippen LogP contribution in [0.5, 0.6) is 0 Å². The number of aryl methyl sites for hydroxylation is 2. The van der Waals surface area contributed by atoms with E-state index >= 15 is 0 Å². The van der Waals surface area contributed by atoms with E-state index in [9.17, 15) is 0 Å². The van der Waals surface area contributed by atoms with E-state index in [0.717, 1.165) is 5.69 Å². The molecule has 0 amide bonds. The highest BCUT2D eigenvalue weighted by atomic mass is 32.1. The number of nitrogens with zero attached hydrogens (tertiary/aromatic N) is 1. The van der Waals surface area contributed by atoms with Crippen molar-refractivity contribution in [2.24, 2.45) is 0 Å². The Labute approximate surface area is 114 Å². The molecule has 0 bridgehead atoms. The second-order valence-electron chi connectivity index (χ2n) is 4.77. The Kier molecular flexibility index (Phi) is 4.94. The molecule has 2 heterocycles. The Morgan fingerprint density at radius 3 is 2.72 bits per heavy atom. The Balaban J connectivity index is 2.05. The van der Waals surface area contributed by atoms with E-state index in [1.807, 2.05) is 24.5 Å². The van der Waals surface area contributed by atoms with Gasteiger partial charge in [-0.15, -0.1) is 11.3 Å². The fourth-order valence-corrected chi connectivity index (χ4v) is 3.08. The van der Waals surface area contributed by atoms with E-state index in [0.29, 0.717) is 0 Å². The summed E-state index contributed by atoms with van der Waals surface area (Å²) in [6, 6.07) is 6.55. The minimum absolute atomic E-state index is 1.08. The number of hydrogen-bond donors (Lipinski definition) is 0. The van der Waals surface area contributed by atoms with Crippen molar-refractivity contribution in [3.05, 3.63) is 41.0 Å². The molecule has 0 N–H and O–H groups in total. The van der Waals surface area contributed by atoms with Crippen LogP contribution < -0.4 is 0 Å². The molecule has 1 nitrogen and oxygen atoms in total. The number of unbranched alkanes of at least 4 members (excludes halogenated alkanes) is 3. The maximum Gasteiger partial charge on any atom is 0.0390 e. The van der Waals surface area contributed by atoms with E-state index in [1.165, 1.54) is 48.1 Å². The van der Waals surface area contributed by atoms with Gasteiger partial charge in [0.05, 0.1) is 0 Å². The second-order valence-corrected chi connectivity index (χ2v) is 5.69. The van der Waals surface area contributed by atoms with Crippen molar-refractivity contribution in [1.29, 1.82) is 0 Å². The molecule has 0 aliphatic rings. The molecule has 0 saturated carbocycles. The summed E-state index contributed by atoms with van der Waals surface area (Å²) in [7, 11) is 0. The molecule has 96 valence electrons. The molecule has 0 spiro atoms. The van der Waals surface area contributed by atoms with Gasteiger partial charge in [-0.3, -0.25) is 4.98 Å². The summed E-state index contributed by atoms with van der Waals surface area (Å²) < 4.78 is 0. The normalized spacial score (nSPS) is 10.8. The first kappa shape index (κ1) is 13.3. The van der Waals surface area contributed by atoms with Gasteiger partial charge in [0.25, 0.3) is 0 Å². The summed E-state index contributed by atoms with van der Waals surface area (Å²) in [5.74, 6) is 0. The van der Waals surface area contributed by atoms with E-state index in [1.54, 1.807) is 0 Å². The molecule has 2 heteroatoms. The molecule has 2 rings (SSSR count). The van der Waals surface area contributed by atoms with Gasteiger partial charge in [0.2, 0.25) is 0 Å². The Hall–Kier alpha value is -1.15. The average molecular weight is 259 g/mol. The molecule has 0 atom stereocenters. The molecule has 0 aliphatic carbocycles. The quantitative estimate of drug-likeness (QED) is 0.646. The lowest BCUT2D eigenvalue weighted by Gasteiger charge is -2.04. The van der Waals surface area contributed by atoms with Gasteiger partial charge in [-0.1, -0.05) is 32.3 Å². The molecule has 2 aromatic heterocycles. The van der Waals surface area contributed by atoms with Gasteiger partial charge < -0.3 is 0 Å². The molecule has 18 heavy (non-hydrogen) atoms. The molecule has 0 radical (unpaired) electrons. The highest BCUT2D eigenvalue weighted by molar-refractivity contribution is 7.13. The van der Waals surface area contributed by atoms with Gasteiger partial charge in [0.1, 0.15) is 0 Å². The summed E-state index contributed by atoms with van der Waals surface area (Å²) in [4.78, 5) is 5.79. The van der Waals surface area contributed by atoms with E-state index in [2.05, 4.69) is 35.5 Å². The van der Waals surface area contributed by atoms with E-state index in [4.69, 9.17) is 0 Å². The Bertz CT molecular complexity index is 470. The van der Waals surface area contributed by atoms with Crippen LogP contribution in [0.4, 0.5) is 0 Å². The lowest BCUT2D eigenvalue weighted by atomic mass is 10.0. The first-order valence-corrected chi connectivity index (χ1v) is 7.68. The van der Waals surface area contributed by atoms with Crippen LogP contribution in [-0.4, -0.2) is 4.98 Å². The molecular weight excluding hydrogens is 238 g/mol. The SMILES string of the molecule is CCCCCCc1ccsc1-c1ccc(C)nc1. The van der Waals surface area contributed by atoms with Gasteiger partial charge in [-0.05, 0) is 42.8 Å². The standard InChI is InChI=1S/C16H21NS/c1-3-4-5-6-7-14-10-11-18-16(14)15-9-8-13(2)17-12-15/h8-12H,3-7H2,1-2H3. The molecule has 0 aliphatic heterocycles. The predicted octanol–water partition coefficient (Wildman–Crippen LogP) is 5.24. The molecule has 0 aromatic carbocycles. The van der Waals surface area contributed by atoms with Crippen molar-refractivity contribution < 1.29 is 0 Å². The van der Waals surface area contributed by atoms with Gasteiger partial charge in [-0.25, -0.2) is 0 Å². The average Bonchev–Trinajstić information content (AvgIpc) is 2.84. The van der Waals surface area contributed by atoms with Crippen LogP contribution in [0, 0.1) is 6.92 Å². The zero-order chi connectivity index (χ0) is 12.8. The van der Waals surface area contributed by atoms with Crippen LogP contribution in [0.3, 0.4) is 0 Å². The summed E-state index contributed by atoms with van der Waals surface area (Å²) in [5.41, 5.74) is 3.84. The van der Waals surface area contributed by atoms with Crippen LogP contribution in [0.2, 0.25) is 0 Å². The number of thiophene rings is 1. The van der Waals surface area contributed by atoms with E-state index in [-0.39, 0.29) is 0 Å². The van der Waals surface area contributed by atoms with Crippen molar-refractivity contribution in [3.63, 3.8) is 0 Å². The van der Waals surface area contributed by atoms with Crippen LogP contribution in [-0.2, 0) is 6.42 Å². The molecule has 2 aromatic rings. The lowest BCUT2D eigenvalue weighted by Crippen LogP contribution is -1.87. The maximum absolute atomic E-state index is 4.39. The molecular formula is C16H21NS. The third-order valence-electron chi connectivity index (χ3n) is 3.22. The second kappa shape index (κ2) is 6.69. The smallest absolute Gasteiger partial charge is 0.0390 e. The zero-order valence-electron chi connectivity index (χ0n) is 11.3. The third-order valence-corrected chi connectivity index (χ3v) is 4.23. The Morgan fingerprint density at radius 2 is 2.00 bits per heavy atom. The fraction of sp³-hybridized carbons (Fsp3) is 0.438. The monoisotopic (exact) mass is 259 g/mol. The van der Waals surface area contributed by atoms with Crippen molar-refractivity contribution in [1.82, 2.24) is 4.98 Å². The minimum Gasteiger partial charge on any atom is -0.261 e. The number of rotatable bonds is 6. The van der Waals surface area contributed by atoms with Gasteiger partial charge in [0.15, 0.2) is 0 Å². The highest BCUT2D eigenvalue weighted by Crippen LogP contribution is 2.30. The highest BCUT2D eigenvalue weighted by Gasteiger charge is 2.06. The molecule has 0 unspecified atom stereocenters. The van der Waals surface area contributed by atoms with Gasteiger partial charge >= 0.3 is 0 Å². The third kappa shape index (κ3) is 3.42. The predicted molar refractivity (Wildman–Crippen MR) is 80.1 cm³/mol. The summed E-state index contributed by atoms with van der Waals surface area (Å²) >= 11 is 1.83. The van der Waals surface area contributed by atoms with Crippen molar-refractivity contribution in [2.75, 3.05) is 0 Å². The summed E-state index contributed by atoms with van der Waals surface area (Å²) in [5, 5.41) is 2.20. The maximum atomic E-state index is 4.39. The Morgan fingerprint density at radius 1 is 1.11 bits per heavy atom. The topological polar surface area (TPSA) is 12.9 Å². The van der Waals surface area contributed by atoms with Crippen molar-refractivity contribution >= 4 is 11.3 Å². The molecule has 0 fully saturated rings. The van der Waals surface area contributed by atoms with Crippen LogP contribution in [0.1, 0.15) is 43.9 Å². The zero-order valence-corrected chi connectivity index (χ0v) is 12.1. The van der Waals surface area contributed by atoms with Gasteiger partial charge in [-0.2, -0.15) is 0 Å². The number of aromatic nitrogens is 1. The number of hydrogen-bond acceptors (Lipinski definition) is 2. The van der Waals surface area contributed by atoms with Crippen molar-refractivity contribution in [3.8, 4) is 10.4 Å². The van der Waals surface area contributed by atoms with Crippen LogP contribution >= 0.6 is 11.3 Å². The lowest BCUT2D eigenvalue weighted by molar-refractivity contribution is 0.668. The van der Waals surface area contributed by atoms with E-state index < -0.39 is 0 Å². The van der Waals surface area contributed by atoms with Crippen LogP contribution in [0.15, 0.2) is 29.8 Å². The summed E-state index contributed by atoms with van der Waals surface area (Å²) in [6.07, 6.45) is 8.50. The number of pyridine rings is 1. The van der Waals surface area contributed by atoms with Gasteiger partial charge in [0, 0.05) is 22.3 Å². The summed E-state index contributed by atoms with van der Waals surface area (Å²) in [6.45, 7) is 4.29. The molecule has 0 saturated heterocycles. The minimum atomic E-state index is 1.08. The van der Waals surface area contributed by atoms with Crippen LogP contribution in [0.25, 0.3) is 10.4 Å². The fourth-order valence-electron chi connectivity index (χ4n) is 2.13. The first-order valence-electron chi connectivity index (χ1n) is 6.80. The largest absolute Gasteiger partial charge is 0.261 e.